The predicted octanol–water partition coefficient (Wildman–Crippen LogP) is 6.57. The maximum Gasteiger partial charge on any atom is 0.231 e. The second kappa shape index (κ2) is 11.4. The lowest BCUT2D eigenvalue weighted by Crippen LogP contribution is -2.27. The van der Waals surface area contributed by atoms with Gasteiger partial charge in [-0.3, -0.25) is 9.78 Å². The molecular formula is C34H33N7O3. The van der Waals surface area contributed by atoms with E-state index in [1.54, 1.807) is 6.20 Å². The number of rotatable bonds is 8. The number of hydrogen-bond acceptors (Lipinski definition) is 7. The Kier molecular flexibility index (Phi) is 7.09. The zero-order valence-electron chi connectivity index (χ0n) is 24.7. The van der Waals surface area contributed by atoms with Gasteiger partial charge in [-0.1, -0.05) is 25.5 Å². The number of carbonyl (C=O) groups is 1. The van der Waals surface area contributed by atoms with Crippen LogP contribution < -0.4 is 20.1 Å². The summed E-state index contributed by atoms with van der Waals surface area (Å²) in [7, 11) is 0. The van der Waals surface area contributed by atoms with Crippen molar-refractivity contribution in [2.24, 2.45) is 5.92 Å². The molecule has 1 amide bonds. The number of amides is 1. The SMILES string of the molecule is C=C(C)N/C=C(\C=C(/C)NC(=O)C1CCCC1)c1ccc2[nH]cc(-c3nc4c(-c5ccc6c(c5)OCO6)cncc4[nH]3)c2n1. The number of imidazole rings is 1. The Balaban J connectivity index is 1.24. The van der Waals surface area contributed by atoms with Crippen LogP contribution in [0.2, 0.25) is 0 Å². The Morgan fingerprint density at radius 1 is 1.00 bits per heavy atom. The van der Waals surface area contributed by atoms with Gasteiger partial charge in [-0.2, -0.15) is 0 Å². The van der Waals surface area contributed by atoms with Crippen molar-refractivity contribution in [2.75, 3.05) is 6.79 Å². The van der Waals surface area contributed by atoms with E-state index in [-0.39, 0.29) is 18.6 Å². The minimum atomic E-state index is 0.0827. The van der Waals surface area contributed by atoms with Crippen molar-refractivity contribution in [3.63, 3.8) is 0 Å². The Labute approximate surface area is 254 Å². The smallest absolute Gasteiger partial charge is 0.231 e. The van der Waals surface area contributed by atoms with Crippen molar-refractivity contribution in [3.8, 4) is 34.0 Å². The highest BCUT2D eigenvalue weighted by molar-refractivity contribution is 5.97. The summed E-state index contributed by atoms with van der Waals surface area (Å²) in [5, 5.41) is 6.29. The number of benzene rings is 1. The molecular weight excluding hydrogens is 554 g/mol. The molecule has 1 aliphatic heterocycles. The van der Waals surface area contributed by atoms with E-state index in [0.717, 1.165) is 92.9 Å². The van der Waals surface area contributed by atoms with Gasteiger partial charge in [-0.05, 0) is 62.6 Å². The average molecular weight is 588 g/mol. The van der Waals surface area contributed by atoms with E-state index >= 15 is 0 Å². The molecule has 1 aromatic carbocycles. The first-order valence-electron chi connectivity index (χ1n) is 14.8. The molecule has 5 aromatic rings. The largest absolute Gasteiger partial charge is 0.454 e. The summed E-state index contributed by atoms with van der Waals surface area (Å²) in [5.74, 6) is 2.27. The van der Waals surface area contributed by atoms with Crippen LogP contribution in [-0.2, 0) is 4.79 Å². The van der Waals surface area contributed by atoms with Gasteiger partial charge in [0, 0.05) is 47.0 Å². The van der Waals surface area contributed by atoms with Gasteiger partial charge >= 0.3 is 0 Å². The molecule has 0 saturated heterocycles. The van der Waals surface area contributed by atoms with Crippen LogP contribution >= 0.6 is 0 Å². The van der Waals surface area contributed by atoms with E-state index in [0.29, 0.717) is 11.6 Å². The molecule has 1 aliphatic carbocycles. The summed E-state index contributed by atoms with van der Waals surface area (Å²) >= 11 is 0. The molecule has 0 atom stereocenters. The number of fused-ring (bicyclic) bond motifs is 3. The number of aromatic amines is 2. The third-order valence-corrected chi connectivity index (χ3v) is 8.04. The fraction of sp³-hybridized carbons (Fsp3) is 0.235. The average Bonchev–Trinajstić information content (AvgIpc) is 3.83. The Bertz CT molecular complexity index is 1980. The summed E-state index contributed by atoms with van der Waals surface area (Å²) in [4.78, 5) is 34.1. The van der Waals surface area contributed by atoms with Gasteiger partial charge in [0.25, 0.3) is 0 Å². The standard InChI is InChI=1S/C34H33N7O3/c1-19(2)36-14-23(12-20(3)38-34(42)21-6-4-5-7-21)26-9-10-27-32(39-26)25(16-37-27)33-40-28-17-35-15-24(31(28)41-33)22-8-11-29-30(13-22)44-18-43-29/h8-17,21,36-37H,1,4-7,18H2,2-3H3,(H,38,42)(H,40,41)/b20-12+,23-14+. The van der Waals surface area contributed by atoms with Crippen molar-refractivity contribution in [3.05, 3.63) is 84.9 Å². The lowest BCUT2D eigenvalue weighted by molar-refractivity contribution is -0.124. The Hall–Kier alpha value is -5.38. The fourth-order valence-electron chi connectivity index (χ4n) is 5.82. The highest BCUT2D eigenvalue weighted by Crippen LogP contribution is 2.38. The van der Waals surface area contributed by atoms with Crippen LogP contribution in [0.1, 0.15) is 45.2 Å². The van der Waals surface area contributed by atoms with E-state index in [4.69, 9.17) is 19.4 Å². The number of carbonyl (C=O) groups excluding carboxylic acids is 1. The molecule has 2 aliphatic rings. The van der Waals surface area contributed by atoms with Crippen LogP contribution in [0.4, 0.5) is 0 Å². The number of ether oxygens (including phenoxy) is 2. The fourth-order valence-corrected chi connectivity index (χ4v) is 5.82. The maximum atomic E-state index is 12.8. The van der Waals surface area contributed by atoms with E-state index in [1.807, 2.05) is 68.8 Å². The van der Waals surface area contributed by atoms with E-state index in [1.165, 1.54) is 0 Å². The second-order valence-electron chi connectivity index (χ2n) is 11.4. The summed E-state index contributed by atoms with van der Waals surface area (Å²) in [6, 6.07) is 9.79. The van der Waals surface area contributed by atoms with Gasteiger partial charge in [-0.15, -0.1) is 0 Å². The van der Waals surface area contributed by atoms with Crippen LogP contribution in [-0.4, -0.2) is 37.6 Å². The van der Waals surface area contributed by atoms with Crippen molar-refractivity contribution in [2.45, 2.75) is 39.5 Å². The van der Waals surface area contributed by atoms with Crippen LogP contribution in [0.5, 0.6) is 11.5 Å². The molecule has 0 unspecified atom stereocenters. The number of nitrogens with zero attached hydrogens (tertiary/aromatic N) is 3. The quantitative estimate of drug-likeness (QED) is 0.151. The van der Waals surface area contributed by atoms with Crippen molar-refractivity contribution in [1.82, 2.24) is 35.6 Å². The van der Waals surface area contributed by atoms with Crippen molar-refractivity contribution >= 4 is 33.5 Å². The van der Waals surface area contributed by atoms with E-state index in [9.17, 15) is 4.79 Å². The molecule has 0 spiro atoms. The Morgan fingerprint density at radius 3 is 2.66 bits per heavy atom. The van der Waals surface area contributed by atoms with E-state index in [2.05, 4.69) is 32.2 Å². The number of aromatic nitrogens is 5. The van der Waals surface area contributed by atoms with E-state index < -0.39 is 0 Å². The third-order valence-electron chi connectivity index (χ3n) is 8.04. The molecule has 1 fully saturated rings. The molecule has 1 saturated carbocycles. The van der Waals surface area contributed by atoms with Crippen LogP contribution in [0.15, 0.2) is 79.2 Å². The summed E-state index contributed by atoms with van der Waals surface area (Å²) in [6.45, 7) is 7.97. The Morgan fingerprint density at radius 2 is 1.82 bits per heavy atom. The second-order valence-corrected chi connectivity index (χ2v) is 11.4. The molecule has 0 bridgehead atoms. The lowest BCUT2D eigenvalue weighted by atomic mass is 10.1. The zero-order chi connectivity index (χ0) is 30.2. The highest BCUT2D eigenvalue weighted by Gasteiger charge is 2.23. The minimum Gasteiger partial charge on any atom is -0.454 e. The topological polar surface area (TPSA) is 130 Å². The molecule has 44 heavy (non-hydrogen) atoms. The molecule has 7 rings (SSSR count). The zero-order valence-corrected chi connectivity index (χ0v) is 24.7. The van der Waals surface area contributed by atoms with Gasteiger partial charge in [-0.25, -0.2) is 9.97 Å². The number of nitrogens with one attached hydrogen (secondary N) is 4. The molecule has 5 heterocycles. The number of pyridine rings is 2. The van der Waals surface area contributed by atoms with Crippen molar-refractivity contribution in [1.29, 1.82) is 0 Å². The molecule has 4 aromatic heterocycles. The van der Waals surface area contributed by atoms with Gasteiger partial charge in [0.2, 0.25) is 12.7 Å². The predicted molar refractivity (Wildman–Crippen MR) is 170 cm³/mol. The van der Waals surface area contributed by atoms with Crippen molar-refractivity contribution < 1.29 is 14.3 Å². The highest BCUT2D eigenvalue weighted by atomic mass is 16.7. The van der Waals surface area contributed by atoms with Gasteiger partial charge in [0.05, 0.1) is 39.5 Å². The first-order valence-corrected chi connectivity index (χ1v) is 14.8. The monoisotopic (exact) mass is 587 g/mol. The van der Waals surface area contributed by atoms with Gasteiger partial charge in [0.15, 0.2) is 11.5 Å². The third kappa shape index (κ3) is 5.30. The number of allylic oxidation sites excluding steroid dienone is 4. The first kappa shape index (κ1) is 27.5. The molecule has 10 nitrogen and oxygen atoms in total. The first-order chi connectivity index (χ1) is 21.4. The normalized spacial score (nSPS) is 15.3. The number of hydrogen-bond donors (Lipinski definition) is 4. The van der Waals surface area contributed by atoms with Crippen LogP contribution in [0.3, 0.4) is 0 Å². The molecule has 10 heteroatoms. The van der Waals surface area contributed by atoms with Crippen LogP contribution in [0, 0.1) is 5.92 Å². The summed E-state index contributed by atoms with van der Waals surface area (Å²) in [6.07, 6.45) is 13.4. The molecule has 4 N–H and O–H groups in total. The van der Waals surface area contributed by atoms with Gasteiger partial charge < -0.3 is 30.1 Å². The molecule has 222 valence electrons. The maximum absolute atomic E-state index is 12.8. The van der Waals surface area contributed by atoms with Gasteiger partial charge in [0.1, 0.15) is 5.82 Å². The van der Waals surface area contributed by atoms with Crippen LogP contribution in [0.25, 0.3) is 50.2 Å². The molecule has 0 radical (unpaired) electrons. The lowest BCUT2D eigenvalue weighted by Gasteiger charge is -2.12. The minimum absolute atomic E-state index is 0.0827. The summed E-state index contributed by atoms with van der Waals surface area (Å²) in [5.41, 5.74) is 8.99. The summed E-state index contributed by atoms with van der Waals surface area (Å²) < 4.78 is 11.1. The number of H-pyrrole nitrogens is 2.